The van der Waals surface area contributed by atoms with Gasteiger partial charge in [0.05, 0.1) is 12.0 Å². The molecule has 0 radical (unpaired) electrons. The maximum absolute atomic E-state index is 13.3. The third kappa shape index (κ3) is 4.32. The van der Waals surface area contributed by atoms with Crippen molar-refractivity contribution in [3.63, 3.8) is 0 Å². The molecule has 2 heterocycles. The summed E-state index contributed by atoms with van der Waals surface area (Å²) in [5, 5.41) is 0. The Bertz CT molecular complexity index is 688. The minimum Gasteiger partial charge on any atom is -0.496 e. The molecule has 0 spiro atoms. The first kappa shape index (κ1) is 19.0. The fourth-order valence-electron chi connectivity index (χ4n) is 3.68. The summed E-state index contributed by atoms with van der Waals surface area (Å²) in [6, 6.07) is 5.22. The van der Waals surface area contributed by atoms with E-state index in [-0.39, 0.29) is 6.04 Å². The van der Waals surface area contributed by atoms with E-state index in [2.05, 4.69) is 4.90 Å². The third-order valence-corrected chi connectivity index (χ3v) is 8.17. The minimum atomic E-state index is -3.49. The lowest BCUT2D eigenvalue weighted by atomic mass is 10.2. The number of hydrogen-bond acceptors (Lipinski definition) is 5. The number of thioether (sulfide) groups is 1. The lowest BCUT2D eigenvalue weighted by molar-refractivity contribution is 0.243. The van der Waals surface area contributed by atoms with Gasteiger partial charge in [-0.3, -0.25) is 0 Å². The third-order valence-electron chi connectivity index (χ3n) is 5.03. The minimum absolute atomic E-state index is 0.0537. The van der Waals surface area contributed by atoms with Crippen molar-refractivity contribution in [3.8, 4) is 5.75 Å². The molecule has 0 N–H and O–H groups in total. The normalized spacial score (nSPS) is 23.5. The molecule has 3 rings (SSSR count). The van der Waals surface area contributed by atoms with Crippen LogP contribution in [-0.4, -0.2) is 68.5 Å². The second-order valence-electron chi connectivity index (χ2n) is 6.84. The van der Waals surface area contributed by atoms with Crippen molar-refractivity contribution in [2.75, 3.05) is 44.8 Å². The molecule has 0 amide bonds. The Morgan fingerprint density at radius 3 is 2.64 bits per heavy atom. The predicted molar refractivity (Wildman–Crippen MR) is 103 cm³/mol. The van der Waals surface area contributed by atoms with E-state index in [1.807, 2.05) is 18.7 Å². The van der Waals surface area contributed by atoms with Crippen LogP contribution in [0.5, 0.6) is 5.75 Å². The summed E-state index contributed by atoms with van der Waals surface area (Å²) in [6.07, 6.45) is 3.37. The molecule has 0 bridgehead atoms. The Hall–Kier alpha value is -0.760. The van der Waals surface area contributed by atoms with Gasteiger partial charge in [-0.15, -0.1) is 0 Å². The van der Waals surface area contributed by atoms with Gasteiger partial charge in [-0.1, -0.05) is 0 Å². The Morgan fingerprint density at radius 1 is 1.20 bits per heavy atom. The highest BCUT2D eigenvalue weighted by Gasteiger charge is 2.34. The van der Waals surface area contributed by atoms with Gasteiger partial charge in [0.15, 0.2) is 0 Å². The van der Waals surface area contributed by atoms with Gasteiger partial charge >= 0.3 is 0 Å². The number of likely N-dealkylation sites (tertiary alicyclic amines) is 1. The molecule has 0 saturated carbocycles. The topological polar surface area (TPSA) is 49.9 Å². The van der Waals surface area contributed by atoms with Gasteiger partial charge in [-0.2, -0.15) is 16.1 Å². The van der Waals surface area contributed by atoms with Crippen molar-refractivity contribution in [2.45, 2.75) is 37.1 Å². The van der Waals surface area contributed by atoms with Gasteiger partial charge in [0, 0.05) is 24.9 Å². The number of benzene rings is 1. The Morgan fingerprint density at radius 2 is 1.96 bits per heavy atom. The summed E-state index contributed by atoms with van der Waals surface area (Å²) < 4.78 is 33.7. The first-order valence-electron chi connectivity index (χ1n) is 8.99. The Balaban J connectivity index is 1.86. The average molecular weight is 385 g/mol. The van der Waals surface area contributed by atoms with Gasteiger partial charge in [0.25, 0.3) is 0 Å². The van der Waals surface area contributed by atoms with Gasteiger partial charge in [-0.05, 0) is 68.8 Å². The highest BCUT2D eigenvalue weighted by Crippen LogP contribution is 2.28. The van der Waals surface area contributed by atoms with Crippen LogP contribution in [-0.2, 0) is 10.0 Å². The van der Waals surface area contributed by atoms with E-state index in [4.69, 9.17) is 4.74 Å². The van der Waals surface area contributed by atoms with Crippen LogP contribution in [0.3, 0.4) is 0 Å². The second-order valence-corrected chi connectivity index (χ2v) is 9.88. The molecular weight excluding hydrogens is 356 g/mol. The smallest absolute Gasteiger partial charge is 0.243 e. The van der Waals surface area contributed by atoms with Crippen molar-refractivity contribution < 1.29 is 13.2 Å². The number of hydrogen-bond donors (Lipinski definition) is 0. The zero-order valence-electron chi connectivity index (χ0n) is 15.1. The van der Waals surface area contributed by atoms with E-state index < -0.39 is 10.0 Å². The second kappa shape index (κ2) is 8.29. The molecule has 2 saturated heterocycles. The van der Waals surface area contributed by atoms with Crippen LogP contribution in [0.2, 0.25) is 0 Å². The molecule has 1 atom stereocenters. The molecule has 2 aliphatic heterocycles. The average Bonchev–Trinajstić information content (AvgIpc) is 2.98. The van der Waals surface area contributed by atoms with E-state index in [0.29, 0.717) is 11.4 Å². The van der Waals surface area contributed by atoms with Crippen LogP contribution in [0.1, 0.15) is 24.8 Å². The monoisotopic (exact) mass is 384 g/mol. The molecule has 1 unspecified atom stereocenters. The Labute approximate surface area is 155 Å². The number of nitrogens with zero attached hydrogens (tertiary/aromatic N) is 2. The quantitative estimate of drug-likeness (QED) is 0.781. The summed E-state index contributed by atoms with van der Waals surface area (Å²) in [7, 11) is -1.88. The van der Waals surface area contributed by atoms with E-state index in [1.54, 1.807) is 29.6 Å². The Kier molecular flexibility index (Phi) is 6.30. The molecule has 2 aliphatic rings. The maximum atomic E-state index is 13.3. The van der Waals surface area contributed by atoms with Crippen LogP contribution in [0.15, 0.2) is 23.1 Å². The summed E-state index contributed by atoms with van der Waals surface area (Å²) in [6.45, 7) is 5.53. The van der Waals surface area contributed by atoms with Crippen molar-refractivity contribution in [3.05, 3.63) is 23.8 Å². The number of aryl methyl sites for hydroxylation is 1. The lowest BCUT2D eigenvalue weighted by Gasteiger charge is -2.32. The molecule has 140 valence electrons. The molecule has 1 aromatic rings. The van der Waals surface area contributed by atoms with Crippen LogP contribution >= 0.6 is 11.8 Å². The number of rotatable bonds is 5. The molecule has 1 aromatic carbocycles. The summed E-state index contributed by atoms with van der Waals surface area (Å²) >= 11 is 1.88. The molecular formula is C18H28N2O3S2. The molecule has 0 aliphatic carbocycles. The molecule has 25 heavy (non-hydrogen) atoms. The van der Waals surface area contributed by atoms with Crippen LogP contribution in [0.25, 0.3) is 0 Å². The van der Waals surface area contributed by atoms with Crippen LogP contribution in [0, 0.1) is 6.92 Å². The number of methoxy groups -OCH3 is 1. The van der Waals surface area contributed by atoms with Gasteiger partial charge in [-0.25, -0.2) is 8.42 Å². The highest BCUT2D eigenvalue weighted by atomic mass is 32.2. The van der Waals surface area contributed by atoms with Gasteiger partial charge in [0.1, 0.15) is 5.75 Å². The SMILES string of the molecule is COc1ccc(S(=O)(=O)N2CCCSCC2CN2CCCC2)cc1C. The number of sulfonamides is 1. The highest BCUT2D eigenvalue weighted by molar-refractivity contribution is 7.99. The summed E-state index contributed by atoms with van der Waals surface area (Å²) in [5.74, 6) is 2.63. The van der Waals surface area contributed by atoms with Crippen molar-refractivity contribution in [1.82, 2.24) is 9.21 Å². The fraction of sp³-hybridized carbons (Fsp3) is 0.667. The van der Waals surface area contributed by atoms with Crippen molar-refractivity contribution in [1.29, 1.82) is 0 Å². The lowest BCUT2D eigenvalue weighted by Crippen LogP contribution is -2.47. The fourth-order valence-corrected chi connectivity index (χ4v) is 6.57. The van der Waals surface area contributed by atoms with E-state index in [0.717, 1.165) is 48.9 Å². The van der Waals surface area contributed by atoms with E-state index in [9.17, 15) is 8.42 Å². The van der Waals surface area contributed by atoms with E-state index in [1.165, 1.54) is 12.8 Å². The molecule has 0 aromatic heterocycles. The first-order chi connectivity index (χ1) is 12.0. The predicted octanol–water partition coefficient (Wildman–Crippen LogP) is 2.60. The standard InChI is InChI=1S/C18H28N2O3S2/c1-15-12-17(6-7-18(15)23-2)25(21,22)20-10-5-11-24-14-16(20)13-19-8-3-4-9-19/h6-7,12,16H,3-5,8-11,13-14H2,1-2H3. The van der Waals surface area contributed by atoms with E-state index >= 15 is 0 Å². The molecule has 2 fully saturated rings. The van der Waals surface area contributed by atoms with Crippen molar-refractivity contribution >= 4 is 21.8 Å². The van der Waals surface area contributed by atoms with Gasteiger partial charge < -0.3 is 9.64 Å². The molecule has 5 nitrogen and oxygen atoms in total. The van der Waals surface area contributed by atoms with Crippen LogP contribution in [0.4, 0.5) is 0 Å². The van der Waals surface area contributed by atoms with Crippen molar-refractivity contribution in [2.24, 2.45) is 0 Å². The molecule has 7 heteroatoms. The van der Waals surface area contributed by atoms with Crippen LogP contribution < -0.4 is 4.74 Å². The zero-order valence-corrected chi connectivity index (χ0v) is 16.7. The first-order valence-corrected chi connectivity index (χ1v) is 11.6. The summed E-state index contributed by atoms with van der Waals surface area (Å²) in [4.78, 5) is 2.79. The zero-order chi connectivity index (χ0) is 17.9. The number of ether oxygens (including phenoxy) is 1. The van der Waals surface area contributed by atoms with Gasteiger partial charge in [0.2, 0.25) is 10.0 Å². The largest absolute Gasteiger partial charge is 0.496 e. The summed E-state index contributed by atoms with van der Waals surface area (Å²) in [5.41, 5.74) is 0.851. The maximum Gasteiger partial charge on any atom is 0.243 e.